The molecule has 7 nitrogen and oxygen atoms in total. The van der Waals surface area contributed by atoms with E-state index in [4.69, 9.17) is 4.98 Å². The molecule has 4 aromatic heterocycles. The molecule has 0 spiro atoms. The molecule has 0 aliphatic heterocycles. The predicted octanol–water partition coefficient (Wildman–Crippen LogP) is 5.78. The van der Waals surface area contributed by atoms with Gasteiger partial charge in [-0.1, -0.05) is 6.07 Å². The maximum atomic E-state index is 9.74. The number of benzene rings is 1. The zero-order valence-electron chi connectivity index (χ0n) is 20.6. The topological polar surface area (TPSA) is 102 Å². The molecule has 0 fully saturated rings. The Morgan fingerprint density at radius 2 is 1.89 bits per heavy atom. The second kappa shape index (κ2) is 11.3. The lowest BCUT2D eigenvalue weighted by Crippen LogP contribution is -2.17. The van der Waals surface area contributed by atoms with Crippen LogP contribution >= 0.6 is 0 Å². The van der Waals surface area contributed by atoms with E-state index in [0.717, 1.165) is 57.8 Å². The van der Waals surface area contributed by atoms with Crippen molar-refractivity contribution in [1.82, 2.24) is 25.3 Å². The van der Waals surface area contributed by atoms with E-state index in [1.807, 2.05) is 73.2 Å². The average Bonchev–Trinajstić information content (AvgIpc) is 3.43. The van der Waals surface area contributed by atoms with Gasteiger partial charge in [-0.05, 0) is 85.6 Å². The lowest BCUT2D eigenvalue weighted by atomic mass is 10.1. The van der Waals surface area contributed by atoms with Gasteiger partial charge in [0.05, 0.1) is 22.6 Å². The van der Waals surface area contributed by atoms with Crippen molar-refractivity contribution < 1.29 is 0 Å². The van der Waals surface area contributed by atoms with E-state index in [0.29, 0.717) is 12.1 Å². The minimum atomic E-state index is 0.482. The fourth-order valence-electron chi connectivity index (χ4n) is 4.24. The van der Waals surface area contributed by atoms with Gasteiger partial charge in [0.2, 0.25) is 0 Å². The molecular formula is C30H27N7. The summed E-state index contributed by atoms with van der Waals surface area (Å²) in [5.74, 6) is 0. The average molecular weight is 486 g/mol. The highest BCUT2D eigenvalue weighted by Gasteiger charge is 2.11. The van der Waals surface area contributed by atoms with Gasteiger partial charge in [-0.3, -0.25) is 15.0 Å². The molecule has 0 aliphatic rings. The van der Waals surface area contributed by atoms with Crippen LogP contribution in [0.5, 0.6) is 0 Å². The molecule has 0 unspecified atom stereocenters. The summed E-state index contributed by atoms with van der Waals surface area (Å²) in [7, 11) is 0. The van der Waals surface area contributed by atoms with Crippen molar-refractivity contribution in [1.29, 1.82) is 5.26 Å². The monoisotopic (exact) mass is 485 g/mol. The van der Waals surface area contributed by atoms with E-state index in [1.165, 1.54) is 5.56 Å². The molecule has 182 valence electrons. The largest absolute Gasteiger partial charge is 0.361 e. The third-order valence-corrected chi connectivity index (χ3v) is 6.27. The van der Waals surface area contributed by atoms with Gasteiger partial charge < -0.3 is 15.6 Å². The van der Waals surface area contributed by atoms with Gasteiger partial charge >= 0.3 is 0 Å². The van der Waals surface area contributed by atoms with Crippen molar-refractivity contribution in [2.24, 2.45) is 0 Å². The molecule has 4 heterocycles. The minimum absolute atomic E-state index is 0.482. The van der Waals surface area contributed by atoms with Crippen LogP contribution < -0.4 is 10.6 Å². The van der Waals surface area contributed by atoms with Gasteiger partial charge in [-0.15, -0.1) is 0 Å². The third kappa shape index (κ3) is 5.72. The zero-order chi connectivity index (χ0) is 25.5. The van der Waals surface area contributed by atoms with Crippen LogP contribution in [0.25, 0.3) is 23.1 Å². The molecule has 0 amide bonds. The summed E-state index contributed by atoms with van der Waals surface area (Å²) in [4.78, 5) is 16.3. The molecule has 37 heavy (non-hydrogen) atoms. The smallest absolute Gasteiger partial charge is 0.103 e. The van der Waals surface area contributed by atoms with Crippen LogP contribution in [-0.4, -0.2) is 26.5 Å². The van der Waals surface area contributed by atoms with Crippen LogP contribution in [0.3, 0.4) is 0 Å². The summed E-state index contributed by atoms with van der Waals surface area (Å²) in [6.45, 7) is 3.62. The molecule has 0 atom stereocenters. The second-order valence-corrected chi connectivity index (χ2v) is 8.73. The number of hydrogen-bond acceptors (Lipinski definition) is 6. The first-order valence-electron chi connectivity index (χ1n) is 12.2. The van der Waals surface area contributed by atoms with Crippen LogP contribution in [0.15, 0.2) is 79.5 Å². The van der Waals surface area contributed by atoms with E-state index >= 15 is 0 Å². The number of rotatable bonds is 9. The molecule has 1 aromatic carbocycles. The number of H-pyrrole nitrogens is 1. The first kappa shape index (κ1) is 23.9. The lowest BCUT2D eigenvalue weighted by molar-refractivity contribution is 0.674. The molecule has 3 N–H and O–H groups in total. The fraction of sp³-hybridized carbons (Fsp3) is 0.133. The molecule has 5 rings (SSSR count). The summed E-state index contributed by atoms with van der Waals surface area (Å²) >= 11 is 0. The zero-order valence-corrected chi connectivity index (χ0v) is 20.6. The van der Waals surface area contributed by atoms with Gasteiger partial charge in [0, 0.05) is 59.7 Å². The number of pyridine rings is 3. The summed E-state index contributed by atoms with van der Waals surface area (Å²) < 4.78 is 0. The van der Waals surface area contributed by atoms with E-state index in [9.17, 15) is 5.26 Å². The van der Waals surface area contributed by atoms with Crippen molar-refractivity contribution in [3.8, 4) is 6.07 Å². The van der Waals surface area contributed by atoms with E-state index in [1.54, 1.807) is 12.4 Å². The number of aromatic nitrogens is 4. The van der Waals surface area contributed by atoms with Gasteiger partial charge in [0.1, 0.15) is 6.07 Å². The first-order chi connectivity index (χ1) is 18.2. The Labute approximate surface area is 216 Å². The summed E-state index contributed by atoms with van der Waals surface area (Å²) in [5, 5.41) is 17.8. The quantitative estimate of drug-likeness (QED) is 0.229. The van der Waals surface area contributed by atoms with E-state index in [-0.39, 0.29) is 0 Å². The molecular weight excluding hydrogens is 458 g/mol. The second-order valence-electron chi connectivity index (χ2n) is 8.73. The SMILES string of the molecule is Cc1c(Nc2c(C#N)cncc2/C=C/c2cccc(CNCCc3ccncc3)n2)ccc2[nH]ccc12. The number of hydrogen-bond donors (Lipinski definition) is 3. The molecule has 5 aromatic rings. The van der Waals surface area contributed by atoms with Gasteiger partial charge in [-0.25, -0.2) is 0 Å². The highest BCUT2D eigenvalue weighted by molar-refractivity contribution is 5.90. The number of nitrogens with zero attached hydrogens (tertiary/aromatic N) is 4. The van der Waals surface area contributed by atoms with Gasteiger partial charge in [-0.2, -0.15) is 5.26 Å². The molecule has 0 saturated heterocycles. The Morgan fingerprint density at radius 3 is 2.76 bits per heavy atom. The minimum Gasteiger partial charge on any atom is -0.361 e. The van der Waals surface area contributed by atoms with Crippen molar-refractivity contribution in [3.05, 3.63) is 113 Å². The molecule has 0 saturated carbocycles. The van der Waals surface area contributed by atoms with Crippen LogP contribution in [0.4, 0.5) is 11.4 Å². The van der Waals surface area contributed by atoms with Crippen LogP contribution in [0.1, 0.15) is 33.6 Å². The third-order valence-electron chi connectivity index (χ3n) is 6.27. The maximum absolute atomic E-state index is 9.74. The van der Waals surface area contributed by atoms with Crippen molar-refractivity contribution in [3.63, 3.8) is 0 Å². The molecule has 0 aliphatic carbocycles. The van der Waals surface area contributed by atoms with E-state index in [2.05, 4.69) is 44.6 Å². The normalized spacial score (nSPS) is 11.1. The first-order valence-corrected chi connectivity index (χ1v) is 12.2. The highest BCUT2D eigenvalue weighted by Crippen LogP contribution is 2.31. The number of nitriles is 1. The summed E-state index contributed by atoms with van der Waals surface area (Å²) in [6.07, 6.45) is 13.7. The maximum Gasteiger partial charge on any atom is 0.103 e. The van der Waals surface area contributed by atoms with Crippen LogP contribution in [0.2, 0.25) is 0 Å². The predicted molar refractivity (Wildman–Crippen MR) is 148 cm³/mol. The standard InChI is InChI=1S/C30H27N7/c1-21-27-12-16-35-29(27)8-7-28(21)37-30-23(18-34-19-24(30)17-31)5-6-25-3-2-4-26(36-25)20-33-15-11-22-9-13-32-14-10-22/h2-10,12-14,16,18-19,33,35H,11,15,20H2,1H3,(H,34,37)/b6-5+. The molecule has 0 bridgehead atoms. The Balaban J connectivity index is 1.31. The number of aromatic amines is 1. The van der Waals surface area contributed by atoms with Crippen LogP contribution in [0, 0.1) is 18.3 Å². The number of fused-ring (bicyclic) bond motifs is 1. The molecule has 7 heteroatoms. The summed E-state index contributed by atoms with van der Waals surface area (Å²) in [5.41, 5.74) is 8.22. The Hall–Kier alpha value is -4.80. The van der Waals surface area contributed by atoms with Gasteiger partial charge in [0.25, 0.3) is 0 Å². The van der Waals surface area contributed by atoms with Crippen molar-refractivity contribution in [2.45, 2.75) is 19.9 Å². The van der Waals surface area contributed by atoms with Crippen molar-refractivity contribution >= 4 is 34.4 Å². The van der Waals surface area contributed by atoms with Crippen LogP contribution in [-0.2, 0) is 13.0 Å². The summed E-state index contributed by atoms with van der Waals surface area (Å²) in [6, 6.07) is 18.4. The Morgan fingerprint density at radius 1 is 1.00 bits per heavy atom. The Bertz CT molecular complexity index is 1580. The van der Waals surface area contributed by atoms with Crippen molar-refractivity contribution in [2.75, 3.05) is 11.9 Å². The number of anilines is 2. The fourth-order valence-corrected chi connectivity index (χ4v) is 4.24. The lowest BCUT2D eigenvalue weighted by Gasteiger charge is -2.14. The van der Waals surface area contributed by atoms with Gasteiger partial charge in [0.15, 0.2) is 0 Å². The molecule has 0 radical (unpaired) electrons. The number of nitrogens with one attached hydrogen (secondary N) is 3. The number of aryl methyl sites for hydroxylation is 1. The van der Waals surface area contributed by atoms with E-state index < -0.39 is 0 Å². The Kier molecular flexibility index (Phi) is 7.30. The highest BCUT2D eigenvalue weighted by atomic mass is 14.9.